The molecule has 1 heterocycles. The number of aryl methyl sites for hydroxylation is 1. The lowest BCUT2D eigenvalue weighted by atomic mass is 10.0. The molecule has 7 heteroatoms. The van der Waals surface area contributed by atoms with Crippen molar-refractivity contribution >= 4 is 52.0 Å². The SMILES string of the molecule is CC(=O)Nc1ccc(C2=C(Nc3cccc(Cl)c3C)C(=O)N(c3ccccc3C)C2=O)cc1. The van der Waals surface area contributed by atoms with Gasteiger partial charge >= 0.3 is 0 Å². The Labute approximate surface area is 196 Å². The average Bonchev–Trinajstić information content (AvgIpc) is 3.01. The molecule has 33 heavy (non-hydrogen) atoms. The van der Waals surface area contributed by atoms with Gasteiger partial charge < -0.3 is 10.6 Å². The standard InChI is InChI=1S/C26H22ClN3O3/c1-15-7-4-5-10-22(15)30-25(32)23(18-11-13-19(14-12-18)28-17(3)31)24(26(30)33)29-21-9-6-8-20(27)16(21)2/h4-14,29H,1-3H3,(H,28,31). The number of carbonyl (C=O) groups is 3. The molecule has 0 aromatic heterocycles. The zero-order valence-electron chi connectivity index (χ0n) is 18.4. The van der Waals surface area contributed by atoms with E-state index in [1.165, 1.54) is 11.8 Å². The lowest BCUT2D eigenvalue weighted by Gasteiger charge is -2.18. The predicted molar refractivity (Wildman–Crippen MR) is 131 cm³/mol. The molecule has 0 spiro atoms. The van der Waals surface area contributed by atoms with Crippen molar-refractivity contribution in [3.8, 4) is 0 Å². The summed E-state index contributed by atoms with van der Waals surface area (Å²) in [5.41, 5.74) is 4.30. The molecular weight excluding hydrogens is 438 g/mol. The Morgan fingerprint density at radius 1 is 0.879 bits per heavy atom. The van der Waals surface area contributed by atoms with Crippen LogP contribution in [0.1, 0.15) is 23.6 Å². The van der Waals surface area contributed by atoms with Crippen LogP contribution in [-0.4, -0.2) is 17.7 Å². The van der Waals surface area contributed by atoms with Crippen LogP contribution in [-0.2, 0) is 14.4 Å². The van der Waals surface area contributed by atoms with Crippen LogP contribution < -0.4 is 15.5 Å². The van der Waals surface area contributed by atoms with Gasteiger partial charge in [-0.1, -0.05) is 48.0 Å². The Morgan fingerprint density at radius 3 is 2.24 bits per heavy atom. The van der Waals surface area contributed by atoms with E-state index in [1.807, 2.05) is 26.0 Å². The zero-order valence-corrected chi connectivity index (χ0v) is 19.2. The molecule has 3 aromatic carbocycles. The maximum atomic E-state index is 13.6. The number of nitrogens with one attached hydrogen (secondary N) is 2. The van der Waals surface area contributed by atoms with E-state index in [1.54, 1.807) is 54.6 Å². The van der Waals surface area contributed by atoms with Crippen LogP contribution in [0, 0.1) is 13.8 Å². The molecule has 3 amide bonds. The fourth-order valence-corrected chi connectivity index (χ4v) is 3.92. The Hall–Kier alpha value is -3.90. The number of para-hydroxylation sites is 1. The summed E-state index contributed by atoms with van der Waals surface area (Å²) < 4.78 is 0. The summed E-state index contributed by atoms with van der Waals surface area (Å²) in [5.74, 6) is -1.07. The van der Waals surface area contributed by atoms with Crippen molar-refractivity contribution in [2.24, 2.45) is 0 Å². The highest BCUT2D eigenvalue weighted by molar-refractivity contribution is 6.46. The summed E-state index contributed by atoms with van der Waals surface area (Å²) in [6, 6.07) is 19.4. The molecule has 6 nitrogen and oxygen atoms in total. The Balaban J connectivity index is 1.83. The number of hydrogen-bond acceptors (Lipinski definition) is 4. The highest BCUT2D eigenvalue weighted by Gasteiger charge is 2.40. The first-order chi connectivity index (χ1) is 15.8. The van der Waals surface area contributed by atoms with Crippen molar-refractivity contribution in [2.75, 3.05) is 15.5 Å². The number of nitrogens with zero attached hydrogens (tertiary/aromatic N) is 1. The maximum absolute atomic E-state index is 13.6. The van der Waals surface area contributed by atoms with E-state index in [0.29, 0.717) is 27.6 Å². The van der Waals surface area contributed by atoms with Gasteiger partial charge in [0.15, 0.2) is 0 Å². The summed E-state index contributed by atoms with van der Waals surface area (Å²) in [5, 5.41) is 6.41. The van der Waals surface area contributed by atoms with E-state index in [0.717, 1.165) is 11.1 Å². The Bertz CT molecular complexity index is 1310. The fourth-order valence-electron chi connectivity index (χ4n) is 3.75. The minimum Gasteiger partial charge on any atom is -0.350 e. The van der Waals surface area contributed by atoms with Crippen LogP contribution in [0.15, 0.2) is 72.4 Å². The van der Waals surface area contributed by atoms with E-state index in [-0.39, 0.29) is 17.2 Å². The molecule has 0 aliphatic carbocycles. The van der Waals surface area contributed by atoms with Gasteiger partial charge in [-0.2, -0.15) is 0 Å². The highest BCUT2D eigenvalue weighted by Crippen LogP contribution is 2.36. The van der Waals surface area contributed by atoms with Crippen LogP contribution >= 0.6 is 11.6 Å². The number of benzene rings is 3. The monoisotopic (exact) mass is 459 g/mol. The Morgan fingerprint density at radius 2 is 1.58 bits per heavy atom. The molecule has 1 aliphatic rings. The van der Waals surface area contributed by atoms with Crippen molar-refractivity contribution in [3.05, 3.63) is 94.1 Å². The summed E-state index contributed by atoms with van der Waals surface area (Å²) in [6.07, 6.45) is 0. The number of anilines is 3. The lowest BCUT2D eigenvalue weighted by Crippen LogP contribution is -2.33. The molecule has 1 aliphatic heterocycles. The van der Waals surface area contributed by atoms with Crippen LogP contribution in [0.3, 0.4) is 0 Å². The number of carbonyl (C=O) groups excluding carboxylic acids is 3. The smallest absolute Gasteiger partial charge is 0.282 e. The first-order valence-electron chi connectivity index (χ1n) is 10.4. The van der Waals surface area contributed by atoms with Crippen LogP contribution in [0.2, 0.25) is 5.02 Å². The van der Waals surface area contributed by atoms with Crippen molar-refractivity contribution in [1.29, 1.82) is 0 Å². The van der Waals surface area contributed by atoms with Crippen molar-refractivity contribution < 1.29 is 14.4 Å². The molecule has 0 saturated heterocycles. The van der Waals surface area contributed by atoms with Crippen molar-refractivity contribution in [3.63, 3.8) is 0 Å². The third kappa shape index (κ3) is 4.25. The number of rotatable bonds is 5. The highest BCUT2D eigenvalue weighted by atomic mass is 35.5. The molecule has 0 radical (unpaired) electrons. The van der Waals surface area contributed by atoms with E-state index >= 15 is 0 Å². The maximum Gasteiger partial charge on any atom is 0.282 e. The average molecular weight is 460 g/mol. The second-order valence-electron chi connectivity index (χ2n) is 7.78. The number of hydrogen-bond donors (Lipinski definition) is 2. The molecular formula is C26H22ClN3O3. The first kappa shape index (κ1) is 22.3. The third-order valence-corrected chi connectivity index (χ3v) is 5.87. The number of amides is 3. The molecule has 0 saturated carbocycles. The molecule has 0 bridgehead atoms. The molecule has 166 valence electrons. The van der Waals surface area contributed by atoms with Gasteiger partial charge in [0.05, 0.1) is 11.3 Å². The van der Waals surface area contributed by atoms with Crippen LogP contribution in [0.4, 0.5) is 17.1 Å². The van der Waals surface area contributed by atoms with E-state index in [9.17, 15) is 14.4 Å². The summed E-state index contributed by atoms with van der Waals surface area (Å²) in [6.45, 7) is 5.11. The van der Waals surface area contributed by atoms with Gasteiger partial charge in [-0.3, -0.25) is 14.4 Å². The summed E-state index contributed by atoms with van der Waals surface area (Å²) in [4.78, 5) is 39.7. The molecule has 0 unspecified atom stereocenters. The van der Waals surface area contributed by atoms with Gasteiger partial charge in [0.2, 0.25) is 5.91 Å². The largest absolute Gasteiger partial charge is 0.350 e. The van der Waals surface area contributed by atoms with Crippen LogP contribution in [0.25, 0.3) is 5.57 Å². The zero-order chi connectivity index (χ0) is 23.7. The lowest BCUT2D eigenvalue weighted by molar-refractivity contribution is -0.120. The first-order valence-corrected chi connectivity index (χ1v) is 10.7. The van der Waals surface area contributed by atoms with Gasteiger partial charge in [-0.15, -0.1) is 0 Å². The van der Waals surface area contributed by atoms with Gasteiger partial charge in [0.25, 0.3) is 11.8 Å². The molecule has 0 fully saturated rings. The molecule has 3 aromatic rings. The van der Waals surface area contributed by atoms with Gasteiger partial charge in [-0.05, 0) is 60.9 Å². The topological polar surface area (TPSA) is 78.5 Å². The second kappa shape index (κ2) is 8.92. The fraction of sp³-hybridized carbons (Fsp3) is 0.115. The second-order valence-corrected chi connectivity index (χ2v) is 8.19. The van der Waals surface area contributed by atoms with Gasteiger partial charge in [-0.25, -0.2) is 4.90 Å². The third-order valence-electron chi connectivity index (χ3n) is 5.46. The minimum absolute atomic E-state index is 0.167. The molecule has 4 rings (SSSR count). The normalized spacial score (nSPS) is 13.5. The predicted octanol–water partition coefficient (Wildman–Crippen LogP) is 5.31. The number of imide groups is 1. The van der Waals surface area contributed by atoms with Crippen LogP contribution in [0.5, 0.6) is 0 Å². The molecule has 2 N–H and O–H groups in total. The van der Waals surface area contributed by atoms with Crippen molar-refractivity contribution in [2.45, 2.75) is 20.8 Å². The van der Waals surface area contributed by atoms with Gasteiger partial charge in [0.1, 0.15) is 5.70 Å². The summed E-state index contributed by atoms with van der Waals surface area (Å²) in [7, 11) is 0. The van der Waals surface area contributed by atoms with E-state index < -0.39 is 11.8 Å². The van der Waals surface area contributed by atoms with Gasteiger partial charge in [0, 0.05) is 23.3 Å². The quantitative estimate of drug-likeness (QED) is 0.507. The summed E-state index contributed by atoms with van der Waals surface area (Å²) >= 11 is 6.27. The van der Waals surface area contributed by atoms with E-state index in [2.05, 4.69) is 10.6 Å². The number of halogens is 1. The minimum atomic E-state index is -0.449. The van der Waals surface area contributed by atoms with E-state index in [4.69, 9.17) is 11.6 Å². The Kier molecular flexibility index (Phi) is 6.03. The van der Waals surface area contributed by atoms with Crippen molar-refractivity contribution in [1.82, 2.24) is 0 Å². The molecule has 0 atom stereocenters.